The van der Waals surface area contributed by atoms with Crippen molar-refractivity contribution in [2.45, 2.75) is 0 Å². The van der Waals surface area contributed by atoms with E-state index in [4.69, 9.17) is 10.0 Å². The van der Waals surface area contributed by atoms with Crippen LogP contribution in [0.1, 0.15) is 0 Å². The van der Waals surface area contributed by atoms with E-state index < -0.39 is 7.32 Å². The van der Waals surface area contributed by atoms with Crippen molar-refractivity contribution in [3.8, 4) is 11.5 Å². The van der Waals surface area contributed by atoms with E-state index in [-0.39, 0.29) is 18.0 Å². The zero-order valence-electron chi connectivity index (χ0n) is 6.58. The molecule has 0 amide bonds. The highest BCUT2D eigenvalue weighted by Gasteiger charge is 2.11. The van der Waals surface area contributed by atoms with Gasteiger partial charge >= 0.3 is 7.32 Å². The minimum absolute atomic E-state index is 0.203. The van der Waals surface area contributed by atoms with Crippen LogP contribution in [0, 0.1) is 0 Å². The van der Waals surface area contributed by atoms with Gasteiger partial charge in [-0.05, 0) is 12.1 Å². The first-order chi connectivity index (χ1) is 6.22. The molecule has 5 nitrogen and oxygen atoms in total. The van der Waals surface area contributed by atoms with Crippen molar-refractivity contribution in [3.63, 3.8) is 0 Å². The summed E-state index contributed by atoms with van der Waals surface area (Å²) in [6, 6.07) is 5.94. The summed E-state index contributed by atoms with van der Waals surface area (Å²) in [5.41, 5.74) is 0. The molecule has 0 atom stereocenters. The first-order valence-electron chi connectivity index (χ1n) is 3.45. The number of carbonyl (C=O) groups excluding carboxylic acids is 1. The van der Waals surface area contributed by atoms with Gasteiger partial charge in [-0.15, -0.1) is 0 Å². The minimum Gasteiger partial charge on any atom is -0.512 e. The molecule has 0 radical (unpaired) electrons. The molecule has 0 spiro atoms. The standard InChI is InChI=1S/C7H7BO5/c9-5-12-6-2-1-3-7(4-6)13-8(10)11/h1-5,10-11H. The molecule has 0 fully saturated rings. The Morgan fingerprint density at radius 2 is 2.00 bits per heavy atom. The van der Waals surface area contributed by atoms with Gasteiger partial charge in [-0.3, -0.25) is 4.79 Å². The first kappa shape index (κ1) is 9.56. The quantitative estimate of drug-likeness (QED) is 0.488. The fourth-order valence-corrected chi connectivity index (χ4v) is 0.798. The van der Waals surface area contributed by atoms with Crippen LogP contribution in [0.2, 0.25) is 0 Å². The summed E-state index contributed by atoms with van der Waals surface area (Å²) in [6.45, 7) is 0.272. The topological polar surface area (TPSA) is 76.0 Å². The number of ether oxygens (including phenoxy) is 1. The molecule has 0 saturated carbocycles. The molecule has 0 aromatic heterocycles. The van der Waals surface area contributed by atoms with Crippen molar-refractivity contribution in [2.75, 3.05) is 0 Å². The second-order valence-corrected chi connectivity index (χ2v) is 2.13. The Morgan fingerprint density at radius 3 is 2.62 bits per heavy atom. The summed E-state index contributed by atoms with van der Waals surface area (Å²) in [5, 5.41) is 16.9. The Kier molecular flexibility index (Phi) is 3.30. The molecule has 13 heavy (non-hydrogen) atoms. The maximum absolute atomic E-state index is 9.95. The Bertz CT molecular complexity index is 288. The molecule has 1 rings (SSSR count). The minimum atomic E-state index is -1.88. The van der Waals surface area contributed by atoms with Crippen molar-refractivity contribution < 1.29 is 24.2 Å². The molecule has 0 aliphatic rings. The van der Waals surface area contributed by atoms with E-state index in [0.29, 0.717) is 0 Å². The fourth-order valence-electron chi connectivity index (χ4n) is 0.798. The molecule has 68 valence electrons. The van der Waals surface area contributed by atoms with E-state index in [1.807, 2.05) is 0 Å². The van der Waals surface area contributed by atoms with Crippen LogP contribution in [0.3, 0.4) is 0 Å². The lowest BCUT2D eigenvalue weighted by Crippen LogP contribution is -2.20. The molecule has 0 bridgehead atoms. The molecule has 0 aliphatic carbocycles. The maximum atomic E-state index is 9.95. The van der Waals surface area contributed by atoms with Gasteiger partial charge in [0.1, 0.15) is 11.5 Å². The van der Waals surface area contributed by atoms with Crippen molar-refractivity contribution >= 4 is 13.8 Å². The van der Waals surface area contributed by atoms with Crippen LogP contribution in [0.15, 0.2) is 24.3 Å². The molecule has 0 aliphatic heterocycles. The third-order valence-electron chi connectivity index (χ3n) is 1.23. The van der Waals surface area contributed by atoms with E-state index in [1.165, 1.54) is 18.2 Å². The van der Waals surface area contributed by atoms with Crippen molar-refractivity contribution in [3.05, 3.63) is 24.3 Å². The van der Waals surface area contributed by atoms with Gasteiger partial charge in [0.2, 0.25) is 0 Å². The monoisotopic (exact) mass is 182 g/mol. The van der Waals surface area contributed by atoms with Crippen molar-refractivity contribution in [1.29, 1.82) is 0 Å². The smallest absolute Gasteiger partial charge is 0.512 e. The van der Waals surface area contributed by atoms with Crippen LogP contribution in [-0.2, 0) is 4.79 Å². The molecule has 2 N–H and O–H groups in total. The van der Waals surface area contributed by atoms with Crippen LogP contribution in [0.25, 0.3) is 0 Å². The van der Waals surface area contributed by atoms with Gasteiger partial charge in [0.25, 0.3) is 6.47 Å². The van der Waals surface area contributed by atoms with Gasteiger partial charge in [0.15, 0.2) is 0 Å². The van der Waals surface area contributed by atoms with Crippen LogP contribution >= 0.6 is 0 Å². The summed E-state index contributed by atoms with van der Waals surface area (Å²) in [7, 11) is -1.88. The van der Waals surface area contributed by atoms with Gasteiger partial charge in [-0.2, -0.15) is 0 Å². The molecule has 0 heterocycles. The molecular formula is C7H7BO5. The van der Waals surface area contributed by atoms with Gasteiger partial charge in [0.05, 0.1) is 0 Å². The normalized spacial score (nSPS) is 9.08. The van der Waals surface area contributed by atoms with Crippen LogP contribution in [0.4, 0.5) is 0 Å². The Labute approximate surface area is 74.7 Å². The van der Waals surface area contributed by atoms with E-state index in [0.717, 1.165) is 0 Å². The van der Waals surface area contributed by atoms with Crippen LogP contribution < -0.4 is 9.39 Å². The highest BCUT2D eigenvalue weighted by atomic mass is 16.6. The van der Waals surface area contributed by atoms with Gasteiger partial charge in [0, 0.05) is 6.07 Å². The number of rotatable bonds is 4. The lowest BCUT2D eigenvalue weighted by molar-refractivity contribution is -0.120. The van der Waals surface area contributed by atoms with Crippen LogP contribution in [-0.4, -0.2) is 23.8 Å². The van der Waals surface area contributed by atoms with Gasteiger partial charge in [-0.25, -0.2) is 0 Å². The van der Waals surface area contributed by atoms with E-state index in [9.17, 15) is 4.79 Å². The average Bonchev–Trinajstić information content (AvgIpc) is 2.04. The molecular weight excluding hydrogens is 175 g/mol. The molecule has 0 saturated heterocycles. The van der Waals surface area contributed by atoms with E-state index in [1.54, 1.807) is 6.07 Å². The summed E-state index contributed by atoms with van der Waals surface area (Å²) in [6.07, 6.45) is 0. The second-order valence-electron chi connectivity index (χ2n) is 2.13. The SMILES string of the molecule is O=COc1cccc(OB(O)O)c1. The zero-order valence-corrected chi connectivity index (χ0v) is 6.58. The van der Waals surface area contributed by atoms with E-state index in [2.05, 4.69) is 9.39 Å². The summed E-state index contributed by atoms with van der Waals surface area (Å²) in [4.78, 5) is 9.95. The first-order valence-corrected chi connectivity index (χ1v) is 3.45. The lowest BCUT2D eigenvalue weighted by Gasteiger charge is -2.04. The number of hydrogen-bond acceptors (Lipinski definition) is 5. The van der Waals surface area contributed by atoms with Gasteiger partial charge < -0.3 is 19.4 Å². The summed E-state index contributed by atoms with van der Waals surface area (Å²) < 4.78 is 9.02. The highest BCUT2D eigenvalue weighted by Crippen LogP contribution is 2.18. The Hall–Kier alpha value is -1.53. The zero-order chi connectivity index (χ0) is 9.68. The number of hydrogen-bond donors (Lipinski definition) is 2. The summed E-state index contributed by atoms with van der Waals surface area (Å²) in [5.74, 6) is 0.475. The average molecular weight is 182 g/mol. The number of carbonyl (C=O) groups is 1. The lowest BCUT2D eigenvalue weighted by atomic mass is 10.2. The second kappa shape index (κ2) is 4.49. The highest BCUT2D eigenvalue weighted by molar-refractivity contribution is 6.33. The third-order valence-corrected chi connectivity index (χ3v) is 1.23. The summed E-state index contributed by atoms with van der Waals surface area (Å²) >= 11 is 0. The molecule has 1 aromatic carbocycles. The van der Waals surface area contributed by atoms with Crippen LogP contribution in [0.5, 0.6) is 11.5 Å². The Balaban J connectivity index is 2.72. The largest absolute Gasteiger partial charge is 0.707 e. The number of benzene rings is 1. The van der Waals surface area contributed by atoms with Crippen molar-refractivity contribution in [1.82, 2.24) is 0 Å². The molecule has 0 unspecified atom stereocenters. The van der Waals surface area contributed by atoms with Crippen molar-refractivity contribution in [2.24, 2.45) is 0 Å². The third kappa shape index (κ3) is 3.14. The predicted octanol–water partition coefficient (Wildman–Crippen LogP) is -0.430. The fraction of sp³-hybridized carbons (Fsp3) is 0. The molecule has 6 heteroatoms. The maximum Gasteiger partial charge on any atom is 0.707 e. The van der Waals surface area contributed by atoms with Gasteiger partial charge in [-0.1, -0.05) is 6.07 Å². The predicted molar refractivity (Wildman–Crippen MR) is 44.0 cm³/mol. The van der Waals surface area contributed by atoms with E-state index >= 15 is 0 Å². The molecule has 1 aromatic rings. The Morgan fingerprint density at radius 1 is 1.31 bits per heavy atom.